The van der Waals surface area contributed by atoms with Crippen LogP contribution in [0.25, 0.3) is 0 Å². The first-order valence-corrected chi connectivity index (χ1v) is 5.79. The van der Waals surface area contributed by atoms with Crippen molar-refractivity contribution in [2.24, 2.45) is 5.73 Å². The lowest BCUT2D eigenvalue weighted by atomic mass is 10.3. The van der Waals surface area contributed by atoms with Crippen molar-refractivity contribution in [3.63, 3.8) is 0 Å². The number of amides is 2. The lowest BCUT2D eigenvalue weighted by Crippen LogP contribution is -2.19. The summed E-state index contributed by atoms with van der Waals surface area (Å²) in [6.07, 6.45) is 0. The SMILES string of the molecule is NC(=O)Nc1cccc(Nc2nc(Cl)nc(Cl)n2)c1. The van der Waals surface area contributed by atoms with Crippen LogP contribution in [0.3, 0.4) is 0 Å². The van der Waals surface area contributed by atoms with Crippen molar-refractivity contribution in [1.29, 1.82) is 0 Å². The van der Waals surface area contributed by atoms with Gasteiger partial charge in [0, 0.05) is 11.4 Å². The highest BCUT2D eigenvalue weighted by atomic mass is 35.5. The summed E-state index contributed by atoms with van der Waals surface area (Å²) in [5.41, 5.74) is 6.19. The van der Waals surface area contributed by atoms with Crippen LogP contribution >= 0.6 is 23.2 Å². The zero-order valence-electron chi connectivity index (χ0n) is 9.39. The van der Waals surface area contributed by atoms with Crippen molar-refractivity contribution < 1.29 is 4.79 Å². The van der Waals surface area contributed by atoms with Crippen LogP contribution in [0.4, 0.5) is 22.1 Å². The number of benzene rings is 1. The van der Waals surface area contributed by atoms with Gasteiger partial charge in [-0.1, -0.05) is 6.07 Å². The summed E-state index contributed by atoms with van der Waals surface area (Å²) in [4.78, 5) is 22.1. The van der Waals surface area contributed by atoms with E-state index in [1.165, 1.54) is 0 Å². The summed E-state index contributed by atoms with van der Waals surface area (Å²) in [5, 5.41) is 5.28. The van der Waals surface area contributed by atoms with E-state index in [-0.39, 0.29) is 16.5 Å². The Hall–Kier alpha value is -2.12. The van der Waals surface area contributed by atoms with Crippen molar-refractivity contribution in [3.05, 3.63) is 34.8 Å². The number of hydrogen-bond donors (Lipinski definition) is 3. The molecule has 1 heterocycles. The average Bonchev–Trinajstić information content (AvgIpc) is 2.26. The van der Waals surface area contributed by atoms with E-state index < -0.39 is 6.03 Å². The summed E-state index contributed by atoms with van der Waals surface area (Å²) in [6.45, 7) is 0. The zero-order chi connectivity index (χ0) is 13.8. The van der Waals surface area contributed by atoms with Gasteiger partial charge in [0.1, 0.15) is 0 Å². The smallest absolute Gasteiger partial charge is 0.316 e. The quantitative estimate of drug-likeness (QED) is 0.807. The van der Waals surface area contributed by atoms with Gasteiger partial charge in [0.2, 0.25) is 16.5 Å². The van der Waals surface area contributed by atoms with Crippen molar-refractivity contribution in [2.45, 2.75) is 0 Å². The number of rotatable bonds is 3. The Morgan fingerprint density at radius 3 is 2.37 bits per heavy atom. The number of carbonyl (C=O) groups excluding carboxylic acids is 1. The third-order valence-electron chi connectivity index (χ3n) is 1.97. The number of primary amides is 1. The Balaban J connectivity index is 2.20. The largest absolute Gasteiger partial charge is 0.351 e. The highest BCUT2D eigenvalue weighted by Crippen LogP contribution is 2.19. The molecule has 0 saturated heterocycles. The Kier molecular flexibility index (Phi) is 3.98. The van der Waals surface area contributed by atoms with Crippen LogP contribution in [-0.2, 0) is 0 Å². The van der Waals surface area contributed by atoms with E-state index in [0.717, 1.165) is 0 Å². The van der Waals surface area contributed by atoms with Gasteiger partial charge in [0.05, 0.1) is 0 Å². The molecule has 7 nitrogen and oxygen atoms in total. The lowest BCUT2D eigenvalue weighted by Gasteiger charge is -2.07. The molecule has 0 aliphatic heterocycles. The predicted octanol–water partition coefficient (Wildman–Crippen LogP) is 2.41. The first kappa shape index (κ1) is 13.3. The van der Waals surface area contributed by atoms with Gasteiger partial charge in [-0.25, -0.2) is 4.79 Å². The number of halogens is 2. The minimum atomic E-state index is -0.650. The van der Waals surface area contributed by atoms with Crippen molar-refractivity contribution in [3.8, 4) is 0 Å². The van der Waals surface area contributed by atoms with Crippen LogP contribution in [-0.4, -0.2) is 21.0 Å². The van der Waals surface area contributed by atoms with Crippen molar-refractivity contribution in [1.82, 2.24) is 15.0 Å². The first-order valence-electron chi connectivity index (χ1n) is 5.03. The van der Waals surface area contributed by atoms with Gasteiger partial charge in [0.25, 0.3) is 0 Å². The molecular weight excluding hydrogens is 291 g/mol. The Morgan fingerprint density at radius 2 is 1.74 bits per heavy atom. The fourth-order valence-corrected chi connectivity index (χ4v) is 1.69. The van der Waals surface area contributed by atoms with E-state index in [2.05, 4.69) is 25.6 Å². The summed E-state index contributed by atoms with van der Waals surface area (Å²) >= 11 is 11.3. The molecule has 4 N–H and O–H groups in total. The molecule has 9 heteroatoms. The minimum absolute atomic E-state index is 0.0195. The molecule has 0 aliphatic rings. The van der Waals surface area contributed by atoms with Gasteiger partial charge in [0.15, 0.2) is 0 Å². The van der Waals surface area contributed by atoms with E-state index >= 15 is 0 Å². The van der Waals surface area contributed by atoms with Gasteiger partial charge >= 0.3 is 6.03 Å². The van der Waals surface area contributed by atoms with Gasteiger partial charge < -0.3 is 16.4 Å². The third-order valence-corrected chi connectivity index (χ3v) is 2.31. The molecule has 0 radical (unpaired) electrons. The normalized spacial score (nSPS) is 10.0. The van der Waals surface area contributed by atoms with Crippen molar-refractivity contribution >= 4 is 46.6 Å². The van der Waals surface area contributed by atoms with Crippen LogP contribution in [0.15, 0.2) is 24.3 Å². The molecule has 2 aromatic rings. The summed E-state index contributed by atoms with van der Waals surface area (Å²) in [5.74, 6) is 0.196. The van der Waals surface area contributed by atoms with E-state index in [1.54, 1.807) is 24.3 Å². The summed E-state index contributed by atoms with van der Waals surface area (Å²) in [6, 6.07) is 6.15. The number of nitrogens with one attached hydrogen (secondary N) is 2. The standard InChI is InChI=1S/C10H8Cl2N6O/c11-7-16-8(12)18-10(17-7)15-6-3-1-2-5(4-6)14-9(13)19/h1-4H,(H3,13,14,19)(H,15,16,17,18). The summed E-state index contributed by atoms with van der Waals surface area (Å²) < 4.78 is 0. The lowest BCUT2D eigenvalue weighted by molar-refractivity contribution is 0.259. The third kappa shape index (κ3) is 3.94. The number of urea groups is 1. The van der Waals surface area contributed by atoms with E-state index in [9.17, 15) is 4.79 Å². The maximum absolute atomic E-state index is 10.8. The molecule has 1 aromatic carbocycles. The van der Waals surface area contributed by atoms with Crippen LogP contribution in [0.1, 0.15) is 0 Å². The van der Waals surface area contributed by atoms with E-state index in [1.807, 2.05) is 0 Å². The van der Waals surface area contributed by atoms with Gasteiger partial charge in [-0.05, 0) is 41.4 Å². The fraction of sp³-hybridized carbons (Fsp3) is 0. The van der Waals surface area contributed by atoms with Crippen LogP contribution in [0, 0.1) is 0 Å². The molecule has 0 atom stereocenters. The first-order chi connectivity index (χ1) is 9.02. The number of aromatic nitrogens is 3. The molecule has 2 amide bonds. The molecule has 0 unspecified atom stereocenters. The highest BCUT2D eigenvalue weighted by molar-refractivity contribution is 6.31. The summed E-state index contributed by atoms with van der Waals surface area (Å²) in [7, 11) is 0. The number of carbonyl (C=O) groups is 1. The number of hydrogen-bond acceptors (Lipinski definition) is 5. The Labute approximate surface area is 118 Å². The van der Waals surface area contributed by atoms with Crippen LogP contribution in [0.2, 0.25) is 10.6 Å². The molecular formula is C10H8Cl2N6O. The molecule has 0 spiro atoms. The number of anilines is 3. The van der Waals surface area contributed by atoms with Gasteiger partial charge in [-0.15, -0.1) is 0 Å². The molecule has 19 heavy (non-hydrogen) atoms. The minimum Gasteiger partial charge on any atom is -0.351 e. The highest BCUT2D eigenvalue weighted by Gasteiger charge is 2.04. The van der Waals surface area contributed by atoms with Gasteiger partial charge in [-0.2, -0.15) is 15.0 Å². The maximum Gasteiger partial charge on any atom is 0.316 e. The monoisotopic (exact) mass is 298 g/mol. The van der Waals surface area contributed by atoms with Gasteiger partial charge in [-0.3, -0.25) is 0 Å². The second kappa shape index (κ2) is 5.68. The molecule has 0 saturated carbocycles. The topological polar surface area (TPSA) is 106 Å². The molecule has 0 aliphatic carbocycles. The molecule has 2 rings (SSSR count). The van der Waals surface area contributed by atoms with E-state index in [4.69, 9.17) is 28.9 Å². The number of nitrogens with zero attached hydrogens (tertiary/aromatic N) is 3. The van der Waals surface area contributed by atoms with Crippen LogP contribution in [0.5, 0.6) is 0 Å². The van der Waals surface area contributed by atoms with Crippen molar-refractivity contribution in [2.75, 3.05) is 10.6 Å². The van der Waals surface area contributed by atoms with Crippen LogP contribution < -0.4 is 16.4 Å². The van der Waals surface area contributed by atoms with E-state index in [0.29, 0.717) is 11.4 Å². The second-order valence-electron chi connectivity index (χ2n) is 3.39. The molecule has 0 bridgehead atoms. The molecule has 98 valence electrons. The Bertz CT molecular complexity index is 600. The maximum atomic E-state index is 10.8. The number of nitrogens with two attached hydrogens (primary N) is 1. The predicted molar refractivity (Wildman–Crippen MR) is 72.8 cm³/mol. The Morgan fingerprint density at radius 1 is 1.11 bits per heavy atom. The molecule has 1 aromatic heterocycles. The average molecular weight is 299 g/mol. The molecule has 0 fully saturated rings. The second-order valence-corrected chi connectivity index (χ2v) is 4.07. The zero-order valence-corrected chi connectivity index (χ0v) is 10.9. The fourth-order valence-electron chi connectivity index (χ4n) is 1.33.